The number of hydrogen-bond acceptors (Lipinski definition) is 5. The van der Waals surface area contributed by atoms with Crippen molar-refractivity contribution in [1.82, 2.24) is 15.8 Å². The Balaban J connectivity index is 1.79. The number of aryl methyl sites for hydroxylation is 1. The fourth-order valence-electron chi connectivity index (χ4n) is 3.19. The predicted octanol–water partition coefficient (Wildman–Crippen LogP) is -0.957. The van der Waals surface area contributed by atoms with Crippen molar-refractivity contribution in [3.05, 3.63) is 42.1 Å². The molecule has 8 heteroatoms. The lowest BCUT2D eigenvalue weighted by Crippen LogP contribution is -3.12. The lowest BCUT2D eigenvalue weighted by Gasteiger charge is -2.35. The van der Waals surface area contributed by atoms with Crippen LogP contribution in [0.1, 0.15) is 5.56 Å². The zero-order valence-corrected chi connectivity index (χ0v) is 15.0. The number of nitrogens with one attached hydrogen (secondary N) is 3. The number of likely N-dealkylation sites (N-methyl/N-ethyl adjacent to an activating group) is 1. The second kappa shape index (κ2) is 7.27. The highest BCUT2D eigenvalue weighted by molar-refractivity contribution is 6.28. The quantitative estimate of drug-likeness (QED) is 0.604. The summed E-state index contributed by atoms with van der Waals surface area (Å²) in [7, 11) is 2.12. The van der Waals surface area contributed by atoms with E-state index < -0.39 is 23.8 Å². The van der Waals surface area contributed by atoms with Gasteiger partial charge in [-0.2, -0.15) is 0 Å². The summed E-state index contributed by atoms with van der Waals surface area (Å²) in [6, 6.07) is 6.32. The molecule has 1 aromatic rings. The Morgan fingerprint density at radius 3 is 2.54 bits per heavy atom. The average molecular weight is 358 g/mol. The number of hydrogen-bond donors (Lipinski definition) is 3. The van der Waals surface area contributed by atoms with Gasteiger partial charge in [0, 0.05) is 5.70 Å². The van der Waals surface area contributed by atoms with Crippen molar-refractivity contribution in [2.75, 3.05) is 38.1 Å². The van der Waals surface area contributed by atoms with Crippen LogP contribution < -0.4 is 20.5 Å². The first-order chi connectivity index (χ1) is 12.4. The molecule has 0 aromatic heterocycles. The fourth-order valence-corrected chi connectivity index (χ4v) is 3.19. The summed E-state index contributed by atoms with van der Waals surface area (Å²) < 4.78 is 0. The molecule has 0 spiro atoms. The molecule has 0 aliphatic carbocycles. The maximum absolute atomic E-state index is 13.0. The Morgan fingerprint density at radius 1 is 1.23 bits per heavy atom. The molecular weight excluding hydrogens is 334 g/mol. The molecule has 0 saturated carbocycles. The fraction of sp³-hybridized carbons (Fsp3) is 0.389. The van der Waals surface area contributed by atoms with Crippen LogP contribution in [0, 0.1) is 12.8 Å². The van der Waals surface area contributed by atoms with E-state index in [-0.39, 0.29) is 5.70 Å². The van der Waals surface area contributed by atoms with Crippen LogP contribution in [-0.4, -0.2) is 56.1 Å². The lowest BCUT2D eigenvalue weighted by molar-refractivity contribution is -0.884. The van der Waals surface area contributed by atoms with Crippen molar-refractivity contribution in [3.63, 3.8) is 0 Å². The van der Waals surface area contributed by atoms with E-state index in [0.29, 0.717) is 5.69 Å². The molecule has 0 unspecified atom stereocenters. The predicted molar refractivity (Wildman–Crippen MR) is 96.2 cm³/mol. The highest BCUT2D eigenvalue weighted by Crippen LogP contribution is 2.26. The number of piperazine rings is 1. The number of carbonyl (C=O) groups is 3. The number of quaternary nitrogens is 1. The molecule has 2 saturated heterocycles. The maximum atomic E-state index is 13.0. The second-order valence-electron chi connectivity index (χ2n) is 6.77. The van der Waals surface area contributed by atoms with Gasteiger partial charge in [-0.05, 0) is 18.6 Å². The van der Waals surface area contributed by atoms with E-state index in [4.69, 9.17) is 0 Å². The lowest BCUT2D eigenvalue weighted by atomic mass is 10.0. The third kappa shape index (κ3) is 3.47. The smallest absolute Gasteiger partial charge is 0.335 e. The summed E-state index contributed by atoms with van der Waals surface area (Å²) in [6.07, 6.45) is 0. The molecule has 0 radical (unpaired) electrons. The van der Waals surface area contributed by atoms with Gasteiger partial charge in [-0.1, -0.05) is 24.8 Å². The molecule has 3 rings (SSSR count). The summed E-state index contributed by atoms with van der Waals surface area (Å²) in [6.45, 7) is 9.18. The minimum Gasteiger partial charge on any atom is -0.335 e. The Labute approximate surface area is 152 Å². The van der Waals surface area contributed by atoms with Crippen molar-refractivity contribution in [3.8, 4) is 0 Å². The second-order valence-corrected chi connectivity index (χ2v) is 6.77. The van der Waals surface area contributed by atoms with Gasteiger partial charge in [-0.25, -0.2) is 14.7 Å². The first kappa shape index (κ1) is 18.1. The third-order valence-corrected chi connectivity index (χ3v) is 4.79. The van der Waals surface area contributed by atoms with E-state index in [9.17, 15) is 14.4 Å². The standard InChI is InChI=1S/C18H23N5O3/c1-12-6-4-5-7-14(12)23-17(25)15(16(24)19-18(23)26)13(2)20-22-10-8-21(3)9-11-22/h4-7,15,20H,2,8-11H2,1,3H3,(H,19,24,26)/p+1/t15-/m1/s1. The zero-order valence-electron chi connectivity index (χ0n) is 15.0. The van der Waals surface area contributed by atoms with Crippen molar-refractivity contribution >= 4 is 23.5 Å². The van der Waals surface area contributed by atoms with Gasteiger partial charge in [0.05, 0.1) is 38.9 Å². The monoisotopic (exact) mass is 358 g/mol. The summed E-state index contributed by atoms with van der Waals surface area (Å²) in [4.78, 5) is 40.0. The van der Waals surface area contributed by atoms with Crippen LogP contribution in [0.3, 0.4) is 0 Å². The minimum atomic E-state index is -1.15. The molecule has 138 valence electrons. The average Bonchev–Trinajstić information content (AvgIpc) is 2.58. The highest BCUT2D eigenvalue weighted by atomic mass is 16.2. The molecule has 1 atom stereocenters. The van der Waals surface area contributed by atoms with Gasteiger partial charge in [-0.15, -0.1) is 0 Å². The van der Waals surface area contributed by atoms with E-state index >= 15 is 0 Å². The van der Waals surface area contributed by atoms with E-state index in [1.54, 1.807) is 25.1 Å². The molecule has 2 aliphatic rings. The van der Waals surface area contributed by atoms with Gasteiger partial charge in [0.2, 0.25) is 5.91 Å². The van der Waals surface area contributed by atoms with E-state index in [0.717, 1.165) is 36.6 Å². The van der Waals surface area contributed by atoms with Crippen LogP contribution in [0.5, 0.6) is 0 Å². The Hall–Kier alpha value is -2.71. The normalized spacial score (nSPS) is 22.3. The SMILES string of the molecule is C=C(NN1CC[NH+](C)CC1)[C@@H]1C(=O)NC(=O)N(c2ccccc2C)C1=O. The molecule has 0 bridgehead atoms. The van der Waals surface area contributed by atoms with Gasteiger partial charge in [0.1, 0.15) is 0 Å². The number of urea groups is 1. The van der Waals surface area contributed by atoms with Gasteiger partial charge in [0.25, 0.3) is 5.91 Å². The maximum Gasteiger partial charge on any atom is 0.335 e. The summed E-state index contributed by atoms with van der Waals surface area (Å²) in [5.41, 5.74) is 4.58. The topological polar surface area (TPSA) is 86.2 Å². The van der Waals surface area contributed by atoms with Crippen LogP contribution >= 0.6 is 0 Å². The van der Waals surface area contributed by atoms with E-state index in [1.165, 1.54) is 4.90 Å². The first-order valence-corrected chi connectivity index (χ1v) is 8.64. The number of para-hydroxylation sites is 1. The Kier molecular flexibility index (Phi) is 5.06. The summed E-state index contributed by atoms with van der Waals surface area (Å²) in [5.74, 6) is -2.40. The number of barbiturate groups is 1. The molecule has 4 amide bonds. The molecule has 2 aliphatic heterocycles. The Bertz CT molecular complexity index is 755. The number of benzene rings is 1. The van der Waals surface area contributed by atoms with Crippen molar-refractivity contribution in [2.24, 2.45) is 5.92 Å². The van der Waals surface area contributed by atoms with Crippen LogP contribution in [0.25, 0.3) is 0 Å². The van der Waals surface area contributed by atoms with Crippen molar-refractivity contribution in [2.45, 2.75) is 6.92 Å². The number of hydrazine groups is 1. The largest absolute Gasteiger partial charge is 0.335 e. The van der Waals surface area contributed by atoms with Gasteiger partial charge in [-0.3, -0.25) is 14.9 Å². The molecule has 3 N–H and O–H groups in total. The molecular formula is C18H24N5O3+. The minimum absolute atomic E-state index is 0.276. The first-order valence-electron chi connectivity index (χ1n) is 8.64. The zero-order chi connectivity index (χ0) is 18.8. The molecule has 8 nitrogen and oxygen atoms in total. The van der Waals surface area contributed by atoms with Crippen LogP contribution in [0.15, 0.2) is 36.5 Å². The number of anilines is 1. The van der Waals surface area contributed by atoms with Crippen molar-refractivity contribution in [1.29, 1.82) is 0 Å². The van der Waals surface area contributed by atoms with Crippen LogP contribution in [0.2, 0.25) is 0 Å². The van der Waals surface area contributed by atoms with E-state index in [2.05, 4.69) is 24.4 Å². The highest BCUT2D eigenvalue weighted by Gasteiger charge is 2.43. The van der Waals surface area contributed by atoms with E-state index in [1.807, 2.05) is 11.1 Å². The van der Waals surface area contributed by atoms with Gasteiger partial charge < -0.3 is 10.3 Å². The number of carbonyl (C=O) groups excluding carboxylic acids is 3. The number of nitrogens with zero attached hydrogens (tertiary/aromatic N) is 2. The molecule has 2 fully saturated rings. The number of imide groups is 2. The van der Waals surface area contributed by atoms with Gasteiger partial charge >= 0.3 is 6.03 Å². The summed E-state index contributed by atoms with van der Waals surface area (Å²) in [5, 5.41) is 4.21. The third-order valence-electron chi connectivity index (χ3n) is 4.79. The summed E-state index contributed by atoms with van der Waals surface area (Å²) >= 11 is 0. The molecule has 1 aromatic carbocycles. The van der Waals surface area contributed by atoms with Gasteiger partial charge in [0.15, 0.2) is 5.92 Å². The number of rotatable bonds is 4. The molecule has 26 heavy (non-hydrogen) atoms. The van der Waals surface area contributed by atoms with Crippen molar-refractivity contribution < 1.29 is 19.3 Å². The van der Waals surface area contributed by atoms with Crippen LogP contribution in [0.4, 0.5) is 10.5 Å². The van der Waals surface area contributed by atoms with Crippen LogP contribution in [-0.2, 0) is 9.59 Å². The Morgan fingerprint density at radius 2 is 1.88 bits per heavy atom. The number of amides is 4. The molecule has 2 heterocycles.